The molecule has 0 unspecified atom stereocenters. The van der Waals surface area contributed by atoms with E-state index < -0.39 is 0 Å². The third-order valence-electron chi connectivity index (χ3n) is 3.83. The second-order valence-corrected chi connectivity index (χ2v) is 5.48. The molecule has 0 radical (unpaired) electrons. The lowest BCUT2D eigenvalue weighted by Gasteiger charge is -2.04. The predicted octanol–water partition coefficient (Wildman–Crippen LogP) is 4.11. The fraction of sp³-hybridized carbons (Fsp3) is 0.105. The van der Waals surface area contributed by atoms with Crippen molar-refractivity contribution in [2.75, 3.05) is 0 Å². The van der Waals surface area contributed by atoms with Crippen molar-refractivity contribution in [2.24, 2.45) is 0 Å². The topological polar surface area (TPSA) is 53.9 Å². The predicted molar refractivity (Wildman–Crippen MR) is 90.8 cm³/mol. The Morgan fingerprint density at radius 2 is 1.78 bits per heavy atom. The van der Waals surface area contributed by atoms with Gasteiger partial charge >= 0.3 is 0 Å². The first-order chi connectivity index (χ1) is 11.4. The summed E-state index contributed by atoms with van der Waals surface area (Å²) < 4.78 is 5.30. The Morgan fingerprint density at radius 1 is 0.913 bits per heavy atom. The van der Waals surface area contributed by atoms with Gasteiger partial charge in [-0.1, -0.05) is 36.4 Å². The molecule has 4 nitrogen and oxygen atoms in total. The summed E-state index contributed by atoms with van der Waals surface area (Å²) in [6.07, 6.45) is 1.69. The quantitative estimate of drug-likeness (QED) is 0.583. The first-order valence-corrected chi connectivity index (χ1v) is 7.66. The van der Waals surface area contributed by atoms with Gasteiger partial charge in [0.2, 0.25) is 0 Å². The van der Waals surface area contributed by atoms with E-state index >= 15 is 0 Å². The molecule has 0 amide bonds. The number of para-hydroxylation sites is 2. The van der Waals surface area contributed by atoms with Crippen LogP contribution in [0.2, 0.25) is 0 Å². The minimum absolute atomic E-state index is 0.734. The number of hydrogen-bond donors (Lipinski definition) is 2. The average molecular weight is 303 g/mol. The van der Waals surface area contributed by atoms with Gasteiger partial charge in [0.1, 0.15) is 11.6 Å². The largest absolute Gasteiger partial charge is 0.468 e. The van der Waals surface area contributed by atoms with E-state index in [1.807, 2.05) is 36.4 Å². The summed E-state index contributed by atoms with van der Waals surface area (Å²) in [5, 5.41) is 3.37. The van der Waals surface area contributed by atoms with Gasteiger partial charge in [-0.05, 0) is 29.8 Å². The van der Waals surface area contributed by atoms with Crippen LogP contribution in [-0.2, 0) is 13.1 Å². The molecule has 4 heteroatoms. The van der Waals surface area contributed by atoms with Gasteiger partial charge < -0.3 is 14.7 Å². The van der Waals surface area contributed by atoms with Crippen molar-refractivity contribution in [2.45, 2.75) is 13.1 Å². The zero-order valence-corrected chi connectivity index (χ0v) is 12.6. The molecule has 0 bridgehead atoms. The Balaban J connectivity index is 1.44. The molecule has 2 aromatic carbocycles. The number of benzene rings is 2. The lowest BCUT2D eigenvalue weighted by atomic mass is 10.1. The van der Waals surface area contributed by atoms with Crippen molar-refractivity contribution in [3.8, 4) is 11.4 Å². The molecule has 2 aromatic heterocycles. The summed E-state index contributed by atoms with van der Waals surface area (Å²) in [5.74, 6) is 1.85. The maximum Gasteiger partial charge on any atom is 0.138 e. The number of furan rings is 1. The van der Waals surface area contributed by atoms with Crippen LogP contribution in [-0.4, -0.2) is 9.97 Å². The number of H-pyrrole nitrogens is 1. The molecular weight excluding hydrogens is 286 g/mol. The smallest absolute Gasteiger partial charge is 0.138 e. The van der Waals surface area contributed by atoms with Gasteiger partial charge in [0, 0.05) is 12.1 Å². The zero-order valence-electron chi connectivity index (χ0n) is 12.6. The summed E-state index contributed by atoms with van der Waals surface area (Å²) in [5.41, 5.74) is 4.38. The molecule has 0 aliphatic rings. The van der Waals surface area contributed by atoms with Crippen molar-refractivity contribution < 1.29 is 4.42 Å². The normalized spacial score (nSPS) is 11.1. The Labute approximate surface area is 134 Å². The Bertz CT molecular complexity index is 859. The monoisotopic (exact) mass is 303 g/mol. The van der Waals surface area contributed by atoms with Crippen molar-refractivity contribution in [3.63, 3.8) is 0 Å². The molecule has 4 rings (SSSR count). The van der Waals surface area contributed by atoms with Gasteiger partial charge in [0.25, 0.3) is 0 Å². The number of nitrogens with one attached hydrogen (secondary N) is 2. The second-order valence-electron chi connectivity index (χ2n) is 5.48. The van der Waals surface area contributed by atoms with E-state index in [-0.39, 0.29) is 0 Å². The number of nitrogens with zero attached hydrogens (tertiary/aromatic N) is 1. The van der Waals surface area contributed by atoms with Gasteiger partial charge in [-0.2, -0.15) is 0 Å². The van der Waals surface area contributed by atoms with Gasteiger partial charge in [-0.25, -0.2) is 4.98 Å². The molecular formula is C19H17N3O. The number of aromatic amines is 1. The van der Waals surface area contributed by atoms with Gasteiger partial charge in [-0.3, -0.25) is 0 Å². The van der Waals surface area contributed by atoms with Crippen LogP contribution in [0.5, 0.6) is 0 Å². The highest BCUT2D eigenvalue weighted by Crippen LogP contribution is 2.20. The van der Waals surface area contributed by atoms with Crippen molar-refractivity contribution in [1.29, 1.82) is 0 Å². The summed E-state index contributed by atoms with van der Waals surface area (Å²) >= 11 is 0. The van der Waals surface area contributed by atoms with E-state index in [2.05, 4.69) is 39.6 Å². The molecule has 0 spiro atoms. The highest BCUT2D eigenvalue weighted by atomic mass is 16.3. The van der Waals surface area contributed by atoms with E-state index in [1.165, 1.54) is 5.56 Å². The molecule has 114 valence electrons. The molecule has 0 aliphatic heterocycles. The Hall–Kier alpha value is -2.85. The standard InChI is InChI=1S/C19H17N3O/c1-2-6-18-17(5-1)21-19(22-18)15-9-7-14(8-10-15)12-20-13-16-4-3-11-23-16/h1-11,20H,12-13H2,(H,21,22). The lowest BCUT2D eigenvalue weighted by Crippen LogP contribution is -2.11. The van der Waals surface area contributed by atoms with Crippen LogP contribution in [0.15, 0.2) is 71.3 Å². The Kier molecular flexibility index (Phi) is 3.66. The zero-order chi connectivity index (χ0) is 15.5. The van der Waals surface area contributed by atoms with Crippen LogP contribution in [0, 0.1) is 0 Å². The summed E-state index contributed by atoms with van der Waals surface area (Å²) in [4.78, 5) is 7.98. The van der Waals surface area contributed by atoms with Crippen molar-refractivity contribution in [3.05, 3.63) is 78.3 Å². The van der Waals surface area contributed by atoms with Crippen LogP contribution in [0.4, 0.5) is 0 Å². The van der Waals surface area contributed by atoms with Gasteiger partial charge in [0.15, 0.2) is 0 Å². The van der Waals surface area contributed by atoms with E-state index in [0.717, 1.165) is 41.3 Å². The molecule has 0 fully saturated rings. The average Bonchev–Trinajstić information content (AvgIpc) is 3.24. The fourth-order valence-corrected chi connectivity index (χ4v) is 2.61. The van der Waals surface area contributed by atoms with E-state index in [1.54, 1.807) is 6.26 Å². The van der Waals surface area contributed by atoms with E-state index in [4.69, 9.17) is 4.42 Å². The van der Waals surface area contributed by atoms with E-state index in [0.29, 0.717) is 0 Å². The second kappa shape index (κ2) is 6.10. The fourth-order valence-electron chi connectivity index (χ4n) is 2.61. The van der Waals surface area contributed by atoms with Crippen molar-refractivity contribution in [1.82, 2.24) is 15.3 Å². The van der Waals surface area contributed by atoms with Crippen LogP contribution >= 0.6 is 0 Å². The summed E-state index contributed by atoms with van der Waals surface area (Å²) in [7, 11) is 0. The minimum atomic E-state index is 0.734. The molecule has 4 aromatic rings. The SMILES string of the molecule is c1coc(CNCc2ccc(-c3nc4ccccc4[nH]3)cc2)c1. The van der Waals surface area contributed by atoms with Crippen LogP contribution in [0.1, 0.15) is 11.3 Å². The number of rotatable bonds is 5. The molecule has 0 saturated heterocycles. The molecule has 2 heterocycles. The summed E-state index contributed by atoms with van der Waals surface area (Å²) in [6, 6.07) is 20.4. The number of aromatic nitrogens is 2. The first kappa shape index (κ1) is 13.8. The third-order valence-corrected chi connectivity index (χ3v) is 3.83. The maximum absolute atomic E-state index is 5.30. The van der Waals surface area contributed by atoms with Crippen molar-refractivity contribution >= 4 is 11.0 Å². The molecule has 0 saturated carbocycles. The minimum Gasteiger partial charge on any atom is -0.468 e. The molecule has 23 heavy (non-hydrogen) atoms. The number of hydrogen-bond acceptors (Lipinski definition) is 3. The van der Waals surface area contributed by atoms with E-state index in [9.17, 15) is 0 Å². The maximum atomic E-state index is 5.30. The lowest BCUT2D eigenvalue weighted by molar-refractivity contribution is 0.483. The summed E-state index contributed by atoms with van der Waals surface area (Å²) in [6.45, 7) is 1.54. The van der Waals surface area contributed by atoms with Crippen LogP contribution < -0.4 is 5.32 Å². The molecule has 0 atom stereocenters. The third kappa shape index (κ3) is 3.03. The van der Waals surface area contributed by atoms with Crippen LogP contribution in [0.3, 0.4) is 0 Å². The number of fused-ring (bicyclic) bond motifs is 1. The van der Waals surface area contributed by atoms with Gasteiger partial charge in [0.05, 0.1) is 23.8 Å². The highest BCUT2D eigenvalue weighted by molar-refractivity contribution is 5.79. The Morgan fingerprint density at radius 3 is 2.57 bits per heavy atom. The highest BCUT2D eigenvalue weighted by Gasteiger charge is 2.04. The first-order valence-electron chi connectivity index (χ1n) is 7.66. The number of imidazole rings is 1. The molecule has 2 N–H and O–H groups in total. The van der Waals surface area contributed by atoms with Crippen LogP contribution in [0.25, 0.3) is 22.4 Å². The molecule has 0 aliphatic carbocycles. The van der Waals surface area contributed by atoms with Gasteiger partial charge in [-0.15, -0.1) is 0 Å².